The number of hydrogen-bond donors (Lipinski definition) is 0. The summed E-state index contributed by atoms with van der Waals surface area (Å²) in [5.74, 6) is -0.365. The van der Waals surface area contributed by atoms with Gasteiger partial charge in [-0.3, -0.25) is 18.7 Å². The minimum Gasteiger partial charge on any atom is -0.341 e. The van der Waals surface area contributed by atoms with E-state index in [4.69, 9.17) is 0 Å². The molecule has 10 heteroatoms. The van der Waals surface area contributed by atoms with Gasteiger partial charge in [0.15, 0.2) is 0 Å². The third-order valence-electron chi connectivity index (χ3n) is 4.23. The number of rotatable bonds is 2. The van der Waals surface area contributed by atoms with Crippen molar-refractivity contribution in [2.24, 2.45) is 7.05 Å². The number of amides is 1. The molecule has 0 aromatic carbocycles. The van der Waals surface area contributed by atoms with E-state index in [0.717, 1.165) is 28.0 Å². The van der Waals surface area contributed by atoms with Crippen molar-refractivity contribution in [2.45, 2.75) is 25.6 Å². The van der Waals surface area contributed by atoms with Crippen molar-refractivity contribution in [2.75, 3.05) is 13.1 Å². The first-order valence-electron chi connectivity index (χ1n) is 7.65. The first kappa shape index (κ1) is 17.2. The SMILES string of the molecule is Cn1c(=O)n(CC(=O)N2CCCC2)c(=O)c2ccc(C(F)(F)F)nc21. The summed E-state index contributed by atoms with van der Waals surface area (Å²) in [6.07, 6.45) is -2.97. The highest BCUT2D eigenvalue weighted by atomic mass is 19.4. The van der Waals surface area contributed by atoms with Crippen LogP contribution < -0.4 is 11.2 Å². The lowest BCUT2D eigenvalue weighted by Gasteiger charge is -2.16. The number of pyridine rings is 1. The fraction of sp³-hybridized carbons (Fsp3) is 0.467. The van der Waals surface area contributed by atoms with E-state index < -0.39 is 29.7 Å². The number of alkyl halides is 3. The van der Waals surface area contributed by atoms with Crippen LogP contribution in [0.1, 0.15) is 18.5 Å². The molecule has 7 nitrogen and oxygen atoms in total. The molecule has 0 N–H and O–H groups in total. The molecule has 0 unspecified atom stereocenters. The van der Waals surface area contributed by atoms with Gasteiger partial charge < -0.3 is 4.90 Å². The average molecular weight is 356 g/mol. The van der Waals surface area contributed by atoms with Crippen molar-refractivity contribution in [3.63, 3.8) is 0 Å². The highest BCUT2D eigenvalue weighted by Crippen LogP contribution is 2.28. The Balaban J connectivity index is 2.11. The minimum absolute atomic E-state index is 0.149. The van der Waals surface area contributed by atoms with Crippen LogP contribution in [0.25, 0.3) is 11.0 Å². The molecule has 0 aliphatic carbocycles. The summed E-state index contributed by atoms with van der Waals surface area (Å²) in [4.78, 5) is 42.0. The average Bonchev–Trinajstić information content (AvgIpc) is 3.10. The van der Waals surface area contributed by atoms with E-state index in [1.165, 1.54) is 7.05 Å². The Morgan fingerprint density at radius 1 is 1.20 bits per heavy atom. The molecule has 0 bridgehead atoms. The zero-order valence-electron chi connectivity index (χ0n) is 13.3. The van der Waals surface area contributed by atoms with Gasteiger partial charge in [-0.25, -0.2) is 9.78 Å². The molecule has 0 saturated carbocycles. The summed E-state index contributed by atoms with van der Waals surface area (Å²) in [5.41, 5.74) is -3.27. The van der Waals surface area contributed by atoms with Crippen molar-refractivity contribution in [3.05, 3.63) is 38.7 Å². The number of halogens is 3. The molecule has 1 aliphatic rings. The first-order valence-corrected chi connectivity index (χ1v) is 7.65. The van der Waals surface area contributed by atoms with Crippen LogP contribution in [-0.4, -0.2) is 38.0 Å². The van der Waals surface area contributed by atoms with Gasteiger partial charge >= 0.3 is 11.9 Å². The largest absolute Gasteiger partial charge is 0.433 e. The number of carbonyl (C=O) groups excluding carboxylic acids is 1. The predicted molar refractivity (Wildman–Crippen MR) is 82.1 cm³/mol. The molecular weight excluding hydrogens is 341 g/mol. The Morgan fingerprint density at radius 3 is 2.44 bits per heavy atom. The van der Waals surface area contributed by atoms with Crippen molar-refractivity contribution < 1.29 is 18.0 Å². The maximum atomic E-state index is 12.8. The Morgan fingerprint density at radius 2 is 1.84 bits per heavy atom. The molecule has 0 spiro atoms. The van der Waals surface area contributed by atoms with Crippen LogP contribution in [-0.2, 0) is 24.6 Å². The molecule has 25 heavy (non-hydrogen) atoms. The number of likely N-dealkylation sites (tertiary alicyclic amines) is 1. The van der Waals surface area contributed by atoms with E-state index in [1.54, 1.807) is 4.90 Å². The molecular formula is C15H15F3N4O3. The molecule has 0 radical (unpaired) electrons. The number of hydrogen-bond acceptors (Lipinski definition) is 4. The second kappa shape index (κ2) is 6.01. The van der Waals surface area contributed by atoms with Crippen molar-refractivity contribution in [1.82, 2.24) is 19.0 Å². The first-order chi connectivity index (χ1) is 11.7. The summed E-state index contributed by atoms with van der Waals surface area (Å²) < 4.78 is 40.0. The lowest BCUT2D eigenvalue weighted by atomic mass is 10.2. The van der Waals surface area contributed by atoms with Gasteiger partial charge in [-0.2, -0.15) is 13.2 Å². The number of carbonyl (C=O) groups is 1. The Bertz CT molecular complexity index is 955. The van der Waals surface area contributed by atoms with E-state index >= 15 is 0 Å². The smallest absolute Gasteiger partial charge is 0.341 e. The summed E-state index contributed by atoms with van der Waals surface area (Å²) in [5, 5.41) is -0.149. The van der Waals surface area contributed by atoms with E-state index in [0.29, 0.717) is 19.2 Å². The van der Waals surface area contributed by atoms with Crippen LogP contribution in [0.4, 0.5) is 13.2 Å². The predicted octanol–water partition coefficient (Wildman–Crippen LogP) is 0.736. The van der Waals surface area contributed by atoms with Crippen LogP contribution in [0, 0.1) is 0 Å². The topological polar surface area (TPSA) is 77.2 Å². The molecule has 2 aromatic rings. The zero-order valence-corrected chi connectivity index (χ0v) is 13.3. The summed E-state index contributed by atoms with van der Waals surface area (Å²) >= 11 is 0. The van der Waals surface area contributed by atoms with Crippen LogP contribution in [0.5, 0.6) is 0 Å². The monoisotopic (exact) mass is 356 g/mol. The quantitative estimate of drug-likeness (QED) is 0.795. The minimum atomic E-state index is -4.69. The maximum Gasteiger partial charge on any atom is 0.433 e. The van der Waals surface area contributed by atoms with Gasteiger partial charge in [-0.15, -0.1) is 0 Å². The van der Waals surface area contributed by atoms with Crippen LogP contribution in [0.2, 0.25) is 0 Å². The van der Waals surface area contributed by atoms with E-state index in [1.807, 2.05) is 0 Å². The molecule has 2 aromatic heterocycles. The molecule has 0 atom stereocenters. The Hall–Kier alpha value is -2.65. The lowest BCUT2D eigenvalue weighted by molar-refractivity contribution is -0.141. The molecule has 3 heterocycles. The van der Waals surface area contributed by atoms with E-state index in [-0.39, 0.29) is 16.9 Å². The Labute approximate surface area is 139 Å². The fourth-order valence-corrected chi connectivity index (χ4v) is 2.87. The standard InChI is InChI=1S/C15H15F3N4O3/c1-20-12-9(4-5-10(19-12)15(16,17)18)13(24)22(14(20)25)8-11(23)21-6-2-3-7-21/h4-5H,2-3,6-8H2,1H3. The van der Waals surface area contributed by atoms with Crippen LogP contribution >= 0.6 is 0 Å². The normalized spacial score (nSPS) is 15.1. The van der Waals surface area contributed by atoms with Crippen molar-refractivity contribution >= 4 is 16.9 Å². The van der Waals surface area contributed by atoms with Crippen molar-refractivity contribution in [1.29, 1.82) is 0 Å². The molecule has 1 amide bonds. The maximum absolute atomic E-state index is 12.8. The fourth-order valence-electron chi connectivity index (χ4n) is 2.87. The van der Waals surface area contributed by atoms with Crippen LogP contribution in [0.15, 0.2) is 21.7 Å². The summed E-state index contributed by atoms with van der Waals surface area (Å²) in [7, 11) is 1.22. The zero-order chi connectivity index (χ0) is 18.4. The third kappa shape index (κ3) is 3.03. The summed E-state index contributed by atoms with van der Waals surface area (Å²) in [6, 6.07) is 1.66. The lowest BCUT2D eigenvalue weighted by Crippen LogP contribution is -2.44. The Kier molecular flexibility index (Phi) is 4.13. The molecule has 134 valence electrons. The van der Waals surface area contributed by atoms with Gasteiger partial charge in [-0.05, 0) is 25.0 Å². The second-order valence-corrected chi connectivity index (χ2v) is 5.89. The third-order valence-corrected chi connectivity index (χ3v) is 4.23. The van der Waals surface area contributed by atoms with Gasteiger partial charge in [0.1, 0.15) is 17.9 Å². The van der Waals surface area contributed by atoms with Gasteiger partial charge in [0.2, 0.25) is 5.91 Å². The number of aromatic nitrogens is 3. The molecule has 1 aliphatic heterocycles. The molecule has 1 saturated heterocycles. The highest BCUT2D eigenvalue weighted by molar-refractivity contribution is 5.77. The van der Waals surface area contributed by atoms with Crippen molar-refractivity contribution in [3.8, 4) is 0 Å². The second-order valence-electron chi connectivity index (χ2n) is 5.89. The number of fused-ring (bicyclic) bond motifs is 1. The van der Waals surface area contributed by atoms with Gasteiger partial charge in [-0.1, -0.05) is 0 Å². The highest BCUT2D eigenvalue weighted by Gasteiger charge is 2.33. The van der Waals surface area contributed by atoms with Gasteiger partial charge in [0, 0.05) is 20.1 Å². The molecule has 3 rings (SSSR count). The number of aryl methyl sites for hydroxylation is 1. The van der Waals surface area contributed by atoms with Gasteiger partial charge in [0.05, 0.1) is 5.39 Å². The van der Waals surface area contributed by atoms with E-state index in [9.17, 15) is 27.6 Å². The number of nitrogens with zero attached hydrogens (tertiary/aromatic N) is 4. The molecule has 1 fully saturated rings. The van der Waals surface area contributed by atoms with Crippen LogP contribution in [0.3, 0.4) is 0 Å². The van der Waals surface area contributed by atoms with Gasteiger partial charge in [0.25, 0.3) is 5.56 Å². The van der Waals surface area contributed by atoms with E-state index in [2.05, 4.69) is 4.98 Å². The summed E-state index contributed by atoms with van der Waals surface area (Å²) in [6.45, 7) is 0.693.